The molecular weight excluding hydrogens is 456 g/mol. The lowest BCUT2D eigenvalue weighted by Crippen LogP contribution is -2.06. The Morgan fingerprint density at radius 1 is 1.09 bits per heavy atom. The van der Waals surface area contributed by atoms with Crippen molar-refractivity contribution in [2.45, 2.75) is 58.3 Å². The lowest BCUT2D eigenvalue weighted by molar-refractivity contribution is 0.0977. The summed E-state index contributed by atoms with van der Waals surface area (Å²) in [5.74, 6) is 0.530. The van der Waals surface area contributed by atoms with Crippen molar-refractivity contribution >= 4 is 32.5 Å². The molecule has 1 nitrogen and oxygen atoms in total. The quantitative estimate of drug-likeness (QED) is 0.149. The van der Waals surface area contributed by atoms with Gasteiger partial charge in [0.25, 0.3) is 0 Å². The van der Waals surface area contributed by atoms with E-state index in [1.54, 1.807) is 0 Å². The summed E-state index contributed by atoms with van der Waals surface area (Å²) in [6.45, 7) is 12.3. The maximum atomic E-state index is 13.1. The summed E-state index contributed by atoms with van der Waals surface area (Å²) in [6.07, 6.45) is 7.27. The van der Waals surface area contributed by atoms with E-state index >= 15 is 0 Å². The van der Waals surface area contributed by atoms with Gasteiger partial charge >= 0.3 is 0 Å². The minimum atomic E-state index is 0.229. The molecule has 0 saturated carbocycles. The molecule has 0 saturated heterocycles. The zero-order chi connectivity index (χ0) is 23.1. The smallest absolute Gasteiger partial charge is 0.163 e. The average molecular weight is 489 g/mol. The first kappa shape index (κ1) is 24.2. The highest BCUT2D eigenvalue weighted by Gasteiger charge is 2.15. The van der Waals surface area contributed by atoms with Crippen molar-refractivity contribution in [3.63, 3.8) is 0 Å². The van der Waals surface area contributed by atoms with Crippen LogP contribution in [0.15, 0.2) is 83.9 Å². The van der Waals surface area contributed by atoms with E-state index in [0.29, 0.717) is 12.3 Å². The number of benzene rings is 3. The van der Waals surface area contributed by atoms with Crippen LogP contribution in [0, 0.1) is 6.92 Å². The highest BCUT2D eigenvalue weighted by Crippen LogP contribution is 2.32. The Morgan fingerprint density at radius 3 is 2.66 bits per heavy atom. The van der Waals surface area contributed by atoms with Crippen LogP contribution in [0.25, 0.3) is 10.8 Å². The molecule has 0 N–H and O–H groups in total. The largest absolute Gasteiger partial charge is 0.294 e. The Kier molecular flexibility index (Phi) is 8.64. The molecule has 0 amide bonds. The van der Waals surface area contributed by atoms with Gasteiger partial charge in [0.1, 0.15) is 0 Å². The van der Waals surface area contributed by atoms with Crippen LogP contribution in [0.5, 0.6) is 0 Å². The van der Waals surface area contributed by atoms with Crippen LogP contribution < -0.4 is 0 Å². The van der Waals surface area contributed by atoms with E-state index < -0.39 is 0 Å². The maximum Gasteiger partial charge on any atom is 0.163 e. The fourth-order valence-electron chi connectivity index (χ4n) is 4.30. The van der Waals surface area contributed by atoms with Gasteiger partial charge in [0.05, 0.1) is 0 Å². The second kappa shape index (κ2) is 11.4. The molecule has 0 aliphatic heterocycles. The van der Waals surface area contributed by atoms with Crippen molar-refractivity contribution in [2.24, 2.45) is 0 Å². The number of hydrogen-bond donors (Lipinski definition) is 0. The van der Waals surface area contributed by atoms with Crippen molar-refractivity contribution in [1.29, 1.82) is 0 Å². The standard InChI is InChI=1S/C30H33BrO/c1-5-6-7-10-21(2)17-24-15-13-23(4)29(18-24)30(32)16-14-22(3)28-20-26(31)19-25-11-8-9-12-27(25)28/h5,8-9,11-13,15,18-20,22H,1-2,6-7,10,14,16-17H2,3-4H3/t22-/m0/s1. The molecule has 3 aromatic carbocycles. The van der Waals surface area contributed by atoms with Crippen LogP contribution >= 0.6 is 15.9 Å². The molecule has 0 spiro atoms. The van der Waals surface area contributed by atoms with E-state index in [9.17, 15) is 4.79 Å². The molecule has 0 aliphatic carbocycles. The Labute approximate surface area is 201 Å². The SMILES string of the molecule is C=CCCCC(=C)Cc1ccc(C)c(C(=O)CC[C@H](C)c2cc(Br)cc3ccccc23)c1. The molecule has 0 aliphatic rings. The van der Waals surface area contributed by atoms with Crippen LogP contribution in [0.1, 0.15) is 72.0 Å². The van der Waals surface area contributed by atoms with E-state index in [0.717, 1.165) is 47.7 Å². The molecule has 0 heterocycles. The highest BCUT2D eigenvalue weighted by atomic mass is 79.9. The molecular formula is C30H33BrO. The molecule has 0 fully saturated rings. The number of carbonyl (C=O) groups is 1. The van der Waals surface area contributed by atoms with Crippen molar-refractivity contribution in [2.75, 3.05) is 0 Å². The van der Waals surface area contributed by atoms with Crippen LogP contribution in [0.2, 0.25) is 0 Å². The molecule has 0 radical (unpaired) electrons. The van der Waals surface area contributed by atoms with E-state index in [2.05, 4.69) is 90.6 Å². The first-order valence-electron chi connectivity index (χ1n) is 11.5. The Bertz CT molecular complexity index is 1120. The summed E-state index contributed by atoms with van der Waals surface area (Å²) in [4.78, 5) is 13.1. The van der Waals surface area contributed by atoms with Crippen molar-refractivity contribution in [3.05, 3.63) is 106 Å². The second-order valence-corrected chi connectivity index (χ2v) is 9.75. The van der Waals surface area contributed by atoms with Crippen molar-refractivity contribution in [3.8, 4) is 0 Å². The normalized spacial score (nSPS) is 12.0. The van der Waals surface area contributed by atoms with Crippen LogP contribution in [-0.2, 0) is 6.42 Å². The number of fused-ring (bicyclic) bond motifs is 1. The Hall–Kier alpha value is -2.45. The number of unbranched alkanes of at least 4 members (excludes halogenated alkanes) is 1. The van der Waals surface area contributed by atoms with Gasteiger partial charge < -0.3 is 0 Å². The Balaban J connectivity index is 1.68. The number of ketones is 1. The molecule has 32 heavy (non-hydrogen) atoms. The average Bonchev–Trinajstić information content (AvgIpc) is 2.78. The number of carbonyl (C=O) groups excluding carboxylic acids is 1. The number of aryl methyl sites for hydroxylation is 1. The number of halogens is 1. The summed E-state index contributed by atoms with van der Waals surface area (Å²) in [5.41, 5.74) is 5.59. The van der Waals surface area contributed by atoms with E-state index in [1.807, 2.05) is 13.0 Å². The third kappa shape index (κ3) is 6.29. The zero-order valence-electron chi connectivity index (χ0n) is 19.3. The van der Waals surface area contributed by atoms with Crippen LogP contribution in [0.4, 0.5) is 0 Å². The highest BCUT2D eigenvalue weighted by molar-refractivity contribution is 9.10. The van der Waals surface area contributed by atoms with Crippen molar-refractivity contribution in [1.82, 2.24) is 0 Å². The van der Waals surface area contributed by atoms with Crippen LogP contribution in [0.3, 0.4) is 0 Å². The first-order chi connectivity index (χ1) is 15.4. The van der Waals surface area contributed by atoms with Gasteiger partial charge in [-0.25, -0.2) is 0 Å². The molecule has 0 aromatic heterocycles. The monoisotopic (exact) mass is 488 g/mol. The molecule has 0 bridgehead atoms. The third-order valence-electron chi connectivity index (χ3n) is 6.19. The molecule has 1 atom stereocenters. The number of allylic oxidation sites excluding steroid dienone is 2. The predicted molar refractivity (Wildman–Crippen MR) is 142 cm³/mol. The summed E-state index contributed by atoms with van der Waals surface area (Å²) < 4.78 is 1.08. The van der Waals surface area contributed by atoms with Gasteiger partial charge in [0.2, 0.25) is 0 Å². The first-order valence-corrected chi connectivity index (χ1v) is 12.3. The number of Topliss-reactive ketones (excluding diaryl/α,β-unsaturated/α-hetero) is 1. The number of hydrogen-bond acceptors (Lipinski definition) is 1. The lowest BCUT2D eigenvalue weighted by atomic mass is 9.89. The van der Waals surface area contributed by atoms with Gasteiger partial charge in [0.15, 0.2) is 5.78 Å². The van der Waals surface area contributed by atoms with E-state index in [1.165, 1.54) is 27.5 Å². The summed E-state index contributed by atoms with van der Waals surface area (Å²) >= 11 is 3.65. The second-order valence-electron chi connectivity index (χ2n) is 8.84. The molecule has 3 rings (SSSR count). The summed E-state index contributed by atoms with van der Waals surface area (Å²) in [7, 11) is 0. The summed E-state index contributed by atoms with van der Waals surface area (Å²) in [5, 5.41) is 2.50. The van der Waals surface area contributed by atoms with Gasteiger partial charge in [-0.3, -0.25) is 4.79 Å². The topological polar surface area (TPSA) is 17.1 Å². The minimum Gasteiger partial charge on any atom is -0.294 e. The fraction of sp³-hybridized carbons (Fsp3) is 0.300. The molecule has 2 heteroatoms. The van der Waals surface area contributed by atoms with Gasteiger partial charge in [-0.1, -0.05) is 77.5 Å². The molecule has 166 valence electrons. The maximum absolute atomic E-state index is 13.1. The zero-order valence-corrected chi connectivity index (χ0v) is 20.9. The van der Waals surface area contributed by atoms with Gasteiger partial charge in [-0.15, -0.1) is 6.58 Å². The van der Waals surface area contributed by atoms with E-state index in [4.69, 9.17) is 0 Å². The van der Waals surface area contributed by atoms with Gasteiger partial charge in [-0.2, -0.15) is 0 Å². The summed E-state index contributed by atoms with van der Waals surface area (Å²) in [6, 6.07) is 19.1. The van der Waals surface area contributed by atoms with Gasteiger partial charge in [0, 0.05) is 16.5 Å². The van der Waals surface area contributed by atoms with Crippen molar-refractivity contribution < 1.29 is 4.79 Å². The third-order valence-corrected chi connectivity index (χ3v) is 6.65. The Morgan fingerprint density at radius 2 is 1.88 bits per heavy atom. The predicted octanol–water partition coefficient (Wildman–Crippen LogP) is 9.13. The van der Waals surface area contributed by atoms with Gasteiger partial charge in [-0.05, 0) is 90.6 Å². The van der Waals surface area contributed by atoms with Crippen LogP contribution in [-0.4, -0.2) is 5.78 Å². The number of rotatable bonds is 11. The van der Waals surface area contributed by atoms with E-state index in [-0.39, 0.29) is 5.78 Å². The minimum absolute atomic E-state index is 0.229. The molecule has 3 aromatic rings. The lowest BCUT2D eigenvalue weighted by Gasteiger charge is -2.16. The molecule has 0 unspecified atom stereocenters. The fourth-order valence-corrected chi connectivity index (χ4v) is 4.79.